The van der Waals surface area contributed by atoms with Gasteiger partial charge in [-0.2, -0.15) is 0 Å². The van der Waals surface area contributed by atoms with Gasteiger partial charge in [-0.15, -0.1) is 0 Å². The smallest absolute Gasteiger partial charge is 0.0235 e. The van der Waals surface area contributed by atoms with Gasteiger partial charge < -0.3 is 0 Å². The molecular formula is C27H48. The van der Waals surface area contributed by atoms with Crippen LogP contribution in [-0.2, 0) is 0 Å². The second-order valence-corrected chi connectivity index (χ2v) is 13.2. The number of hydrogen-bond acceptors (Lipinski definition) is 0. The molecule has 4 rings (SSSR count). The van der Waals surface area contributed by atoms with Crippen LogP contribution in [0.2, 0.25) is 0 Å². The minimum Gasteiger partial charge on any atom is -0.0654 e. The summed E-state index contributed by atoms with van der Waals surface area (Å²) < 4.78 is 0. The van der Waals surface area contributed by atoms with Gasteiger partial charge in [0, 0.05) is 0 Å². The third-order valence-corrected chi connectivity index (χ3v) is 11.7. The van der Waals surface area contributed by atoms with Crippen molar-refractivity contribution in [1.29, 1.82) is 0 Å². The Hall–Kier alpha value is 0. The maximum absolute atomic E-state index is 2.78. The zero-order valence-corrected chi connectivity index (χ0v) is 19.7. The van der Waals surface area contributed by atoms with E-state index in [1.54, 1.807) is 0 Å². The molecule has 0 heterocycles. The van der Waals surface area contributed by atoms with Gasteiger partial charge in [0.15, 0.2) is 0 Å². The van der Waals surface area contributed by atoms with Gasteiger partial charge >= 0.3 is 0 Å². The van der Waals surface area contributed by atoms with Crippen molar-refractivity contribution in [2.75, 3.05) is 0 Å². The summed E-state index contributed by atoms with van der Waals surface area (Å²) in [5, 5.41) is 0. The lowest BCUT2D eigenvalue weighted by Crippen LogP contribution is -2.65. The van der Waals surface area contributed by atoms with E-state index in [-0.39, 0.29) is 0 Å². The first-order valence-electron chi connectivity index (χ1n) is 12.5. The highest BCUT2D eigenvalue weighted by atomic mass is 14.7. The zero-order valence-electron chi connectivity index (χ0n) is 19.7. The van der Waals surface area contributed by atoms with E-state index in [2.05, 4.69) is 48.5 Å². The Morgan fingerprint density at radius 1 is 0.630 bits per heavy atom. The van der Waals surface area contributed by atoms with Crippen molar-refractivity contribution in [3.05, 3.63) is 0 Å². The molecule has 4 aliphatic carbocycles. The van der Waals surface area contributed by atoms with E-state index in [9.17, 15) is 0 Å². The van der Waals surface area contributed by atoms with E-state index in [4.69, 9.17) is 0 Å². The van der Waals surface area contributed by atoms with Crippen molar-refractivity contribution < 1.29 is 0 Å². The molecule has 0 aliphatic heterocycles. The van der Waals surface area contributed by atoms with Crippen LogP contribution in [-0.4, -0.2) is 0 Å². The van der Waals surface area contributed by atoms with Crippen LogP contribution in [0.3, 0.4) is 0 Å². The Labute approximate surface area is 170 Å². The van der Waals surface area contributed by atoms with Crippen molar-refractivity contribution in [2.24, 2.45) is 44.8 Å². The molecule has 0 amide bonds. The van der Waals surface area contributed by atoms with Crippen LogP contribution in [0.5, 0.6) is 0 Å². The molecule has 0 aromatic heterocycles. The van der Waals surface area contributed by atoms with Crippen molar-refractivity contribution in [3.63, 3.8) is 0 Å². The van der Waals surface area contributed by atoms with Gasteiger partial charge in [-0.25, -0.2) is 0 Å². The van der Waals surface area contributed by atoms with E-state index < -0.39 is 0 Å². The van der Waals surface area contributed by atoms with E-state index in [1.165, 1.54) is 77.0 Å². The Morgan fingerprint density at radius 3 is 1.96 bits per heavy atom. The van der Waals surface area contributed by atoms with Crippen molar-refractivity contribution >= 4 is 0 Å². The van der Waals surface area contributed by atoms with Gasteiger partial charge in [0.2, 0.25) is 0 Å². The Bertz CT molecular complexity index is 571. The van der Waals surface area contributed by atoms with Crippen LogP contribution in [0, 0.1) is 44.8 Å². The van der Waals surface area contributed by atoms with Gasteiger partial charge in [0.05, 0.1) is 0 Å². The fraction of sp³-hybridized carbons (Fsp3) is 1.00. The molecule has 7 atom stereocenters. The predicted molar refractivity (Wildman–Crippen MR) is 118 cm³/mol. The number of hydrogen-bond donors (Lipinski definition) is 0. The average molecular weight is 373 g/mol. The summed E-state index contributed by atoms with van der Waals surface area (Å²) in [7, 11) is 0. The maximum Gasteiger partial charge on any atom is -0.0235 e. The molecule has 0 heteroatoms. The second-order valence-electron chi connectivity index (χ2n) is 13.2. The molecule has 0 saturated heterocycles. The van der Waals surface area contributed by atoms with Crippen LogP contribution >= 0.6 is 0 Å². The topological polar surface area (TPSA) is 0 Å². The summed E-state index contributed by atoms with van der Waals surface area (Å²) in [5.74, 6) is 2.90. The number of fused-ring (bicyclic) bond motifs is 5. The quantitative estimate of drug-likeness (QED) is 0.455. The van der Waals surface area contributed by atoms with Crippen LogP contribution < -0.4 is 0 Å². The molecule has 0 bridgehead atoms. The summed E-state index contributed by atoms with van der Waals surface area (Å²) in [6.45, 7) is 18.6. The standard InChI is InChI=1S/C27H48/c1-8-14-24(4)16-10-18-26(6)21(24)11-12-22-25(5)17-9-15-23(2,3)20(25)13-19-27(22,26)7/h20-22H,8-19H2,1-7H3/t20-,21-,22+,24+,25+,26-,27-/m1/s1. The van der Waals surface area contributed by atoms with Crippen LogP contribution in [0.25, 0.3) is 0 Å². The Morgan fingerprint density at radius 2 is 1.26 bits per heavy atom. The minimum absolute atomic E-state index is 0.565. The third-order valence-electron chi connectivity index (χ3n) is 11.7. The van der Waals surface area contributed by atoms with Gasteiger partial charge in [0.1, 0.15) is 0 Å². The number of rotatable bonds is 2. The minimum atomic E-state index is 0.565. The zero-order chi connectivity index (χ0) is 19.7. The molecule has 0 aromatic carbocycles. The van der Waals surface area contributed by atoms with Crippen molar-refractivity contribution in [3.8, 4) is 0 Å². The lowest BCUT2D eigenvalue weighted by Gasteiger charge is -2.72. The summed E-state index contributed by atoms with van der Waals surface area (Å²) in [6, 6.07) is 0. The monoisotopic (exact) mass is 372 g/mol. The largest absolute Gasteiger partial charge is 0.0654 e. The molecule has 0 N–H and O–H groups in total. The van der Waals surface area contributed by atoms with E-state index >= 15 is 0 Å². The summed E-state index contributed by atoms with van der Waals surface area (Å²) in [6.07, 6.45) is 17.8. The fourth-order valence-electron chi connectivity index (χ4n) is 10.5. The summed E-state index contributed by atoms with van der Waals surface area (Å²) in [5.41, 5.74) is 2.92. The van der Waals surface area contributed by atoms with Crippen LogP contribution in [0.1, 0.15) is 126 Å². The van der Waals surface area contributed by atoms with Gasteiger partial charge in [-0.05, 0) is 103 Å². The Kier molecular flexibility index (Phi) is 4.69. The lowest BCUT2D eigenvalue weighted by atomic mass is 9.32. The Balaban J connectivity index is 1.74. The highest BCUT2D eigenvalue weighted by Gasteiger charge is 2.67. The molecule has 0 unspecified atom stereocenters. The molecule has 156 valence electrons. The van der Waals surface area contributed by atoms with Crippen LogP contribution in [0.15, 0.2) is 0 Å². The molecule has 0 aromatic rings. The molecule has 0 spiro atoms. The van der Waals surface area contributed by atoms with Crippen molar-refractivity contribution in [1.82, 2.24) is 0 Å². The maximum atomic E-state index is 2.78. The first-order chi connectivity index (χ1) is 12.5. The van der Waals surface area contributed by atoms with Crippen LogP contribution in [0.4, 0.5) is 0 Å². The SMILES string of the molecule is CCC[C@@]1(C)CCC[C@]2(C)[C@@H]1CC[C@H]1[C@@]3(C)CCCC(C)(C)[C@H]3CC[C@]12C. The normalized spacial score (nSPS) is 54.6. The molecule has 4 aliphatic rings. The second kappa shape index (κ2) is 6.25. The van der Waals surface area contributed by atoms with Gasteiger partial charge in [-0.3, -0.25) is 0 Å². The molecular weight excluding hydrogens is 324 g/mol. The molecule has 0 radical (unpaired) electrons. The molecule has 0 nitrogen and oxygen atoms in total. The average Bonchev–Trinajstić information content (AvgIpc) is 2.55. The summed E-state index contributed by atoms with van der Waals surface area (Å²) >= 11 is 0. The molecule has 4 fully saturated rings. The summed E-state index contributed by atoms with van der Waals surface area (Å²) in [4.78, 5) is 0. The van der Waals surface area contributed by atoms with Gasteiger partial charge in [0.25, 0.3) is 0 Å². The van der Waals surface area contributed by atoms with E-state index in [0.717, 1.165) is 17.8 Å². The highest BCUT2D eigenvalue weighted by molar-refractivity contribution is 5.16. The first kappa shape index (κ1) is 20.3. The fourth-order valence-corrected chi connectivity index (χ4v) is 10.5. The van der Waals surface area contributed by atoms with E-state index in [0.29, 0.717) is 27.1 Å². The molecule has 4 saturated carbocycles. The van der Waals surface area contributed by atoms with E-state index in [1.807, 2.05) is 0 Å². The highest BCUT2D eigenvalue weighted by Crippen LogP contribution is 2.75. The van der Waals surface area contributed by atoms with Gasteiger partial charge in [-0.1, -0.05) is 67.7 Å². The first-order valence-corrected chi connectivity index (χ1v) is 12.5. The predicted octanol–water partition coefficient (Wildman–Crippen LogP) is 8.64. The molecule has 27 heavy (non-hydrogen) atoms. The lowest BCUT2D eigenvalue weighted by molar-refractivity contribution is -0.234. The third kappa shape index (κ3) is 2.59. The van der Waals surface area contributed by atoms with Crippen molar-refractivity contribution in [2.45, 2.75) is 126 Å².